The first-order valence-corrected chi connectivity index (χ1v) is 5.26. The molecule has 2 fully saturated rings. The van der Waals surface area contributed by atoms with Gasteiger partial charge in [0.1, 0.15) is 11.6 Å². The number of rotatable bonds is 1. The quantitative estimate of drug-likeness (QED) is 0.679. The number of fused-ring (bicyclic) bond motifs is 1. The Bertz CT molecular complexity index is 284. The van der Waals surface area contributed by atoms with Crippen LogP contribution in [0.1, 0.15) is 32.6 Å². The van der Waals surface area contributed by atoms with Crippen LogP contribution < -0.4 is 0 Å². The molecular formula is C11H16O3. The van der Waals surface area contributed by atoms with Gasteiger partial charge in [-0.15, -0.1) is 0 Å². The lowest BCUT2D eigenvalue weighted by atomic mass is 9.64. The summed E-state index contributed by atoms with van der Waals surface area (Å²) >= 11 is 0. The second-order valence-electron chi connectivity index (χ2n) is 4.74. The van der Waals surface area contributed by atoms with Crippen molar-refractivity contribution >= 4 is 11.6 Å². The van der Waals surface area contributed by atoms with E-state index in [1.54, 1.807) is 0 Å². The van der Waals surface area contributed by atoms with Crippen molar-refractivity contribution in [1.29, 1.82) is 0 Å². The van der Waals surface area contributed by atoms with Crippen LogP contribution in [0.15, 0.2) is 0 Å². The van der Waals surface area contributed by atoms with E-state index in [2.05, 4.69) is 0 Å². The summed E-state index contributed by atoms with van der Waals surface area (Å²) in [4.78, 5) is 23.3. The SMILES string of the molecule is C[C@@]12CCC(=O)C(CO)C1CCC2=O. The Labute approximate surface area is 83.5 Å². The van der Waals surface area contributed by atoms with Gasteiger partial charge in [0.05, 0.1) is 6.61 Å². The van der Waals surface area contributed by atoms with E-state index in [0.717, 1.165) is 6.42 Å². The van der Waals surface area contributed by atoms with E-state index in [9.17, 15) is 14.7 Å². The number of hydrogen-bond donors (Lipinski definition) is 1. The summed E-state index contributed by atoms with van der Waals surface area (Å²) in [5, 5.41) is 9.18. The second-order valence-corrected chi connectivity index (χ2v) is 4.74. The third-order valence-electron chi connectivity index (χ3n) is 4.12. The van der Waals surface area contributed by atoms with Gasteiger partial charge in [0, 0.05) is 24.2 Å². The molecule has 78 valence electrons. The van der Waals surface area contributed by atoms with Crippen molar-refractivity contribution in [2.75, 3.05) is 6.61 Å². The van der Waals surface area contributed by atoms with Gasteiger partial charge in [-0.05, 0) is 18.8 Å². The zero-order valence-corrected chi connectivity index (χ0v) is 8.45. The highest BCUT2D eigenvalue weighted by molar-refractivity contribution is 5.92. The summed E-state index contributed by atoms with van der Waals surface area (Å²) in [6.45, 7) is 1.87. The van der Waals surface area contributed by atoms with Gasteiger partial charge >= 0.3 is 0 Å². The molecule has 0 radical (unpaired) electrons. The lowest BCUT2D eigenvalue weighted by molar-refractivity contribution is -0.138. The van der Waals surface area contributed by atoms with Crippen LogP contribution in [0.5, 0.6) is 0 Å². The van der Waals surface area contributed by atoms with Crippen LogP contribution in [0.3, 0.4) is 0 Å². The molecule has 0 aromatic carbocycles. The zero-order chi connectivity index (χ0) is 10.3. The van der Waals surface area contributed by atoms with E-state index >= 15 is 0 Å². The van der Waals surface area contributed by atoms with Crippen molar-refractivity contribution in [3.05, 3.63) is 0 Å². The molecule has 3 heteroatoms. The summed E-state index contributed by atoms with van der Waals surface area (Å²) < 4.78 is 0. The second kappa shape index (κ2) is 3.16. The van der Waals surface area contributed by atoms with Crippen LogP contribution in [0, 0.1) is 17.3 Å². The van der Waals surface area contributed by atoms with Crippen molar-refractivity contribution < 1.29 is 14.7 Å². The summed E-state index contributed by atoms with van der Waals surface area (Å²) in [6.07, 6.45) is 2.52. The molecular weight excluding hydrogens is 180 g/mol. The fourth-order valence-corrected chi connectivity index (χ4v) is 3.09. The number of carbonyl (C=O) groups excluding carboxylic acids is 2. The van der Waals surface area contributed by atoms with E-state index in [4.69, 9.17) is 0 Å². The maximum Gasteiger partial charge on any atom is 0.139 e. The topological polar surface area (TPSA) is 54.4 Å². The van der Waals surface area contributed by atoms with Crippen molar-refractivity contribution in [2.45, 2.75) is 32.6 Å². The lowest BCUT2D eigenvalue weighted by Gasteiger charge is -2.38. The van der Waals surface area contributed by atoms with Gasteiger partial charge in [-0.25, -0.2) is 0 Å². The molecule has 0 spiro atoms. The minimum Gasteiger partial charge on any atom is -0.396 e. The van der Waals surface area contributed by atoms with Crippen LogP contribution in [0.2, 0.25) is 0 Å². The molecule has 2 unspecified atom stereocenters. The van der Waals surface area contributed by atoms with Crippen molar-refractivity contribution in [3.63, 3.8) is 0 Å². The van der Waals surface area contributed by atoms with Crippen LogP contribution in [0.4, 0.5) is 0 Å². The highest BCUT2D eigenvalue weighted by Gasteiger charge is 2.53. The number of aliphatic hydroxyl groups is 1. The number of hydrogen-bond acceptors (Lipinski definition) is 3. The molecule has 0 saturated heterocycles. The minimum atomic E-state index is -0.318. The highest BCUT2D eigenvalue weighted by atomic mass is 16.3. The average Bonchev–Trinajstić information content (AvgIpc) is 2.45. The molecule has 2 saturated carbocycles. The Morgan fingerprint density at radius 2 is 2.14 bits per heavy atom. The Morgan fingerprint density at radius 1 is 1.43 bits per heavy atom. The number of ketones is 2. The van der Waals surface area contributed by atoms with Gasteiger partial charge in [-0.1, -0.05) is 6.92 Å². The third kappa shape index (κ3) is 1.15. The third-order valence-corrected chi connectivity index (χ3v) is 4.12. The van der Waals surface area contributed by atoms with Gasteiger partial charge in [0.15, 0.2) is 0 Å². The molecule has 3 nitrogen and oxygen atoms in total. The van der Waals surface area contributed by atoms with Crippen LogP contribution in [-0.4, -0.2) is 23.3 Å². The van der Waals surface area contributed by atoms with E-state index < -0.39 is 0 Å². The van der Waals surface area contributed by atoms with Crippen molar-refractivity contribution in [2.24, 2.45) is 17.3 Å². The van der Waals surface area contributed by atoms with E-state index in [1.165, 1.54) is 0 Å². The minimum absolute atomic E-state index is 0.0909. The van der Waals surface area contributed by atoms with E-state index in [0.29, 0.717) is 19.3 Å². The average molecular weight is 196 g/mol. The first kappa shape index (κ1) is 9.84. The Hall–Kier alpha value is -0.700. The molecule has 2 aliphatic carbocycles. The van der Waals surface area contributed by atoms with E-state index in [-0.39, 0.29) is 35.4 Å². The lowest BCUT2D eigenvalue weighted by Crippen LogP contribution is -2.43. The molecule has 2 aliphatic rings. The first-order valence-electron chi connectivity index (χ1n) is 5.26. The number of carbonyl (C=O) groups is 2. The van der Waals surface area contributed by atoms with Gasteiger partial charge in [0.25, 0.3) is 0 Å². The number of Topliss-reactive ketones (excluding diaryl/α,β-unsaturated/α-hetero) is 2. The summed E-state index contributed by atoms with van der Waals surface area (Å²) in [7, 11) is 0. The summed E-state index contributed by atoms with van der Waals surface area (Å²) in [5.41, 5.74) is -0.318. The normalized spacial score (nSPS) is 42.7. The predicted octanol–water partition coefficient (Wildman–Crippen LogP) is 0.943. The summed E-state index contributed by atoms with van der Waals surface area (Å²) in [6, 6.07) is 0. The maximum atomic E-state index is 11.7. The smallest absolute Gasteiger partial charge is 0.139 e. The van der Waals surface area contributed by atoms with Crippen molar-refractivity contribution in [3.8, 4) is 0 Å². The highest BCUT2D eigenvalue weighted by Crippen LogP contribution is 2.50. The summed E-state index contributed by atoms with van der Waals surface area (Å²) in [5.74, 6) is 0.250. The van der Waals surface area contributed by atoms with E-state index in [1.807, 2.05) is 6.92 Å². The monoisotopic (exact) mass is 196 g/mol. The molecule has 1 N–H and O–H groups in total. The predicted molar refractivity (Wildman–Crippen MR) is 50.7 cm³/mol. The first-order chi connectivity index (χ1) is 6.59. The number of aliphatic hydroxyl groups excluding tert-OH is 1. The molecule has 0 aromatic heterocycles. The van der Waals surface area contributed by atoms with Crippen LogP contribution >= 0.6 is 0 Å². The van der Waals surface area contributed by atoms with Crippen LogP contribution in [-0.2, 0) is 9.59 Å². The van der Waals surface area contributed by atoms with Gasteiger partial charge in [-0.2, -0.15) is 0 Å². The molecule has 14 heavy (non-hydrogen) atoms. The van der Waals surface area contributed by atoms with Gasteiger partial charge in [-0.3, -0.25) is 9.59 Å². The Morgan fingerprint density at radius 3 is 2.79 bits per heavy atom. The standard InChI is InChI=1S/C11H16O3/c1-11-5-4-9(13)7(6-12)8(11)2-3-10(11)14/h7-8,12H,2-6H2,1H3/t7?,8?,11-/m1/s1. The molecule has 0 amide bonds. The molecule has 0 bridgehead atoms. The van der Waals surface area contributed by atoms with Gasteiger partial charge in [0.2, 0.25) is 0 Å². The Balaban J connectivity index is 2.30. The molecule has 2 rings (SSSR count). The maximum absolute atomic E-state index is 11.7. The fourth-order valence-electron chi connectivity index (χ4n) is 3.09. The fraction of sp³-hybridized carbons (Fsp3) is 0.818. The zero-order valence-electron chi connectivity index (χ0n) is 8.45. The molecule has 0 aliphatic heterocycles. The Kier molecular flexibility index (Phi) is 2.22. The molecule has 0 heterocycles. The molecule has 3 atom stereocenters. The van der Waals surface area contributed by atoms with Crippen molar-refractivity contribution in [1.82, 2.24) is 0 Å². The largest absolute Gasteiger partial charge is 0.396 e. The molecule has 0 aromatic rings. The van der Waals surface area contributed by atoms with Crippen LogP contribution in [0.25, 0.3) is 0 Å². The van der Waals surface area contributed by atoms with Gasteiger partial charge < -0.3 is 5.11 Å².